The van der Waals surface area contributed by atoms with E-state index in [2.05, 4.69) is 9.84 Å². The molecule has 1 aromatic heterocycles. The third-order valence-electron chi connectivity index (χ3n) is 2.87. The number of methoxy groups -OCH3 is 1. The van der Waals surface area contributed by atoms with Crippen LogP contribution >= 0.6 is 0 Å². The fourth-order valence-corrected chi connectivity index (χ4v) is 3.41. The molecule has 0 spiro atoms. The van der Waals surface area contributed by atoms with Crippen molar-refractivity contribution in [3.05, 3.63) is 11.9 Å². The number of aromatic nitrogens is 2. The van der Waals surface area contributed by atoms with Gasteiger partial charge in [-0.05, 0) is 0 Å². The summed E-state index contributed by atoms with van der Waals surface area (Å²) in [5.74, 6) is -0.730. The maximum atomic E-state index is 12.5. The molecule has 1 fully saturated rings. The number of hydrogen-bond donors (Lipinski definition) is 0. The minimum Gasteiger partial charge on any atom is -0.464 e. The van der Waals surface area contributed by atoms with Gasteiger partial charge < -0.3 is 9.47 Å². The predicted octanol–water partition coefficient (Wildman–Crippen LogP) is -0.772. The molecule has 0 aromatic carbocycles. The van der Waals surface area contributed by atoms with Gasteiger partial charge in [-0.1, -0.05) is 0 Å². The molecular weight excluding hydrogens is 274 g/mol. The molecule has 0 bridgehead atoms. The van der Waals surface area contributed by atoms with E-state index in [1.165, 1.54) is 23.1 Å². The van der Waals surface area contributed by atoms with Crippen LogP contribution < -0.4 is 0 Å². The lowest BCUT2D eigenvalue weighted by molar-refractivity contribution is 0.0582. The summed E-state index contributed by atoms with van der Waals surface area (Å²) in [5, 5.41) is 3.83. The Hall–Kier alpha value is -1.45. The number of morpholine rings is 1. The number of esters is 1. The molecule has 106 valence electrons. The zero-order chi connectivity index (χ0) is 14.0. The van der Waals surface area contributed by atoms with Gasteiger partial charge in [-0.3, -0.25) is 4.68 Å². The fourth-order valence-electron chi connectivity index (χ4n) is 1.86. The number of hydrogen-bond acceptors (Lipinski definition) is 6. The highest BCUT2D eigenvalue weighted by molar-refractivity contribution is 7.89. The van der Waals surface area contributed by atoms with Gasteiger partial charge >= 0.3 is 5.97 Å². The summed E-state index contributed by atoms with van der Waals surface area (Å²) < 4.78 is 37.1. The molecule has 0 unspecified atom stereocenters. The quantitative estimate of drug-likeness (QED) is 0.679. The summed E-state index contributed by atoms with van der Waals surface area (Å²) in [6.45, 7) is 1.20. The Labute approximate surface area is 110 Å². The monoisotopic (exact) mass is 289 g/mol. The van der Waals surface area contributed by atoms with Gasteiger partial charge in [-0.15, -0.1) is 0 Å². The van der Waals surface area contributed by atoms with Gasteiger partial charge in [0.1, 0.15) is 4.90 Å². The first kappa shape index (κ1) is 14.0. The van der Waals surface area contributed by atoms with Crippen LogP contribution in [0.3, 0.4) is 0 Å². The molecule has 9 heteroatoms. The van der Waals surface area contributed by atoms with Crippen LogP contribution in [-0.4, -0.2) is 61.9 Å². The van der Waals surface area contributed by atoms with Crippen molar-refractivity contribution >= 4 is 16.0 Å². The molecule has 1 aliphatic rings. The van der Waals surface area contributed by atoms with Gasteiger partial charge in [0.05, 0.1) is 26.5 Å². The van der Waals surface area contributed by atoms with E-state index < -0.39 is 16.0 Å². The van der Waals surface area contributed by atoms with E-state index in [-0.39, 0.29) is 23.7 Å². The summed E-state index contributed by atoms with van der Waals surface area (Å²) in [4.78, 5) is 11.5. The maximum absolute atomic E-state index is 12.5. The van der Waals surface area contributed by atoms with Crippen LogP contribution in [0.15, 0.2) is 11.1 Å². The number of aryl methyl sites for hydroxylation is 1. The van der Waals surface area contributed by atoms with E-state index in [1.54, 1.807) is 0 Å². The molecule has 0 radical (unpaired) electrons. The molecule has 0 saturated carbocycles. The molecule has 0 amide bonds. The highest BCUT2D eigenvalue weighted by Crippen LogP contribution is 2.21. The topological polar surface area (TPSA) is 90.7 Å². The number of sulfonamides is 1. The second-order valence-electron chi connectivity index (χ2n) is 3.99. The van der Waals surface area contributed by atoms with Crippen LogP contribution in [0, 0.1) is 0 Å². The number of rotatable bonds is 3. The fraction of sp³-hybridized carbons (Fsp3) is 0.600. The van der Waals surface area contributed by atoms with Crippen LogP contribution in [0.1, 0.15) is 10.5 Å². The first-order valence-electron chi connectivity index (χ1n) is 5.66. The molecule has 2 heterocycles. The van der Waals surface area contributed by atoms with E-state index in [0.717, 1.165) is 6.20 Å². The van der Waals surface area contributed by atoms with Crippen molar-refractivity contribution in [3.63, 3.8) is 0 Å². The lowest BCUT2D eigenvalue weighted by atomic mass is 10.4. The number of carbonyl (C=O) groups is 1. The van der Waals surface area contributed by atoms with Gasteiger partial charge in [0.15, 0.2) is 5.69 Å². The lowest BCUT2D eigenvalue weighted by Gasteiger charge is -2.25. The zero-order valence-electron chi connectivity index (χ0n) is 10.7. The molecule has 2 rings (SSSR count). The average Bonchev–Trinajstić information content (AvgIpc) is 2.81. The third-order valence-corrected chi connectivity index (χ3v) is 4.77. The van der Waals surface area contributed by atoms with Crippen molar-refractivity contribution in [2.45, 2.75) is 4.90 Å². The van der Waals surface area contributed by atoms with Crippen LogP contribution in [0.5, 0.6) is 0 Å². The summed E-state index contributed by atoms with van der Waals surface area (Å²) in [6.07, 6.45) is 1.16. The molecule has 0 atom stereocenters. The third kappa shape index (κ3) is 2.48. The van der Waals surface area contributed by atoms with Gasteiger partial charge in [0, 0.05) is 20.1 Å². The number of carbonyl (C=O) groups excluding carboxylic acids is 1. The molecule has 8 nitrogen and oxygen atoms in total. The van der Waals surface area contributed by atoms with Gasteiger partial charge in [0.25, 0.3) is 0 Å². The first-order valence-corrected chi connectivity index (χ1v) is 7.10. The Kier molecular flexibility index (Phi) is 3.88. The van der Waals surface area contributed by atoms with Crippen molar-refractivity contribution in [3.8, 4) is 0 Å². The number of ether oxygens (including phenoxy) is 2. The lowest BCUT2D eigenvalue weighted by Crippen LogP contribution is -2.41. The second kappa shape index (κ2) is 5.27. The Morgan fingerprint density at radius 2 is 2.05 bits per heavy atom. The van der Waals surface area contributed by atoms with E-state index >= 15 is 0 Å². The molecule has 0 N–H and O–H groups in total. The van der Waals surface area contributed by atoms with E-state index in [0.29, 0.717) is 13.2 Å². The summed E-state index contributed by atoms with van der Waals surface area (Å²) in [5.41, 5.74) is -0.0750. The van der Waals surface area contributed by atoms with Crippen LogP contribution in [-0.2, 0) is 26.5 Å². The Morgan fingerprint density at radius 3 is 2.63 bits per heavy atom. The predicted molar refractivity (Wildman–Crippen MR) is 64.1 cm³/mol. The van der Waals surface area contributed by atoms with E-state index in [9.17, 15) is 13.2 Å². The minimum atomic E-state index is -3.76. The summed E-state index contributed by atoms with van der Waals surface area (Å²) >= 11 is 0. The normalized spacial score (nSPS) is 17.4. The smallest absolute Gasteiger partial charge is 0.357 e. The molecule has 1 aromatic rings. The largest absolute Gasteiger partial charge is 0.464 e. The Balaban J connectivity index is 2.43. The zero-order valence-corrected chi connectivity index (χ0v) is 11.5. The molecule has 1 aliphatic heterocycles. The van der Waals surface area contributed by atoms with Crippen molar-refractivity contribution in [2.24, 2.45) is 7.05 Å². The molecule has 1 saturated heterocycles. The average molecular weight is 289 g/mol. The summed E-state index contributed by atoms with van der Waals surface area (Å²) in [7, 11) is -1.07. The highest BCUT2D eigenvalue weighted by atomic mass is 32.2. The minimum absolute atomic E-state index is 0.0750. The van der Waals surface area contributed by atoms with Gasteiger partial charge in [-0.25, -0.2) is 13.2 Å². The molecular formula is C10H15N3O5S. The standard InChI is InChI=1S/C10H15N3O5S/c1-12-9(10(14)17-2)8(7-11-12)19(15,16)13-3-5-18-6-4-13/h7H,3-6H2,1-2H3. The van der Waals surface area contributed by atoms with Crippen molar-refractivity contribution < 1.29 is 22.7 Å². The second-order valence-corrected chi connectivity index (χ2v) is 5.90. The van der Waals surface area contributed by atoms with Crippen molar-refractivity contribution in [1.29, 1.82) is 0 Å². The van der Waals surface area contributed by atoms with Crippen LogP contribution in [0.25, 0.3) is 0 Å². The number of nitrogens with zero attached hydrogens (tertiary/aromatic N) is 3. The van der Waals surface area contributed by atoms with Crippen molar-refractivity contribution in [1.82, 2.24) is 14.1 Å². The van der Waals surface area contributed by atoms with E-state index in [4.69, 9.17) is 4.74 Å². The maximum Gasteiger partial charge on any atom is 0.357 e. The highest BCUT2D eigenvalue weighted by Gasteiger charge is 2.33. The van der Waals surface area contributed by atoms with Crippen molar-refractivity contribution in [2.75, 3.05) is 33.4 Å². The van der Waals surface area contributed by atoms with Crippen LogP contribution in [0.2, 0.25) is 0 Å². The van der Waals surface area contributed by atoms with Crippen LogP contribution in [0.4, 0.5) is 0 Å². The molecule has 0 aliphatic carbocycles. The van der Waals surface area contributed by atoms with Gasteiger partial charge in [0.2, 0.25) is 10.0 Å². The first-order chi connectivity index (χ1) is 8.98. The van der Waals surface area contributed by atoms with Gasteiger partial charge in [-0.2, -0.15) is 9.40 Å². The Morgan fingerprint density at radius 1 is 1.42 bits per heavy atom. The summed E-state index contributed by atoms with van der Waals surface area (Å²) in [6, 6.07) is 0. The SMILES string of the molecule is COC(=O)c1c(S(=O)(=O)N2CCOCC2)cnn1C. The van der Waals surface area contributed by atoms with E-state index in [1.807, 2.05) is 0 Å². The molecule has 19 heavy (non-hydrogen) atoms. The Bertz CT molecular complexity index is 574.